The molecule has 2 heterocycles. The Hall–Kier alpha value is -1.78. The SMILES string of the molecule is CCNC(=NCc1ccc(N2CCC(C)CC2)nc1)NC(C)C. The number of hydrogen-bond acceptors (Lipinski definition) is 3. The molecular formula is C18H31N5. The minimum Gasteiger partial charge on any atom is -0.357 e. The number of nitrogens with one attached hydrogen (secondary N) is 2. The molecule has 2 rings (SSSR count). The van der Waals surface area contributed by atoms with Gasteiger partial charge in [0.25, 0.3) is 0 Å². The maximum Gasteiger partial charge on any atom is 0.191 e. The molecule has 1 saturated heterocycles. The molecule has 23 heavy (non-hydrogen) atoms. The van der Waals surface area contributed by atoms with E-state index in [0.717, 1.165) is 42.9 Å². The lowest BCUT2D eigenvalue weighted by Crippen LogP contribution is -2.41. The summed E-state index contributed by atoms with van der Waals surface area (Å²) in [6.45, 7) is 12.4. The van der Waals surface area contributed by atoms with Crippen LogP contribution in [0.3, 0.4) is 0 Å². The van der Waals surface area contributed by atoms with Gasteiger partial charge in [-0.05, 0) is 51.2 Å². The Balaban J connectivity index is 1.93. The number of aromatic nitrogens is 1. The topological polar surface area (TPSA) is 52.6 Å². The Morgan fingerprint density at radius 3 is 2.65 bits per heavy atom. The summed E-state index contributed by atoms with van der Waals surface area (Å²) in [5.74, 6) is 2.80. The molecule has 128 valence electrons. The van der Waals surface area contributed by atoms with Gasteiger partial charge >= 0.3 is 0 Å². The van der Waals surface area contributed by atoms with E-state index in [9.17, 15) is 0 Å². The fourth-order valence-corrected chi connectivity index (χ4v) is 2.70. The van der Waals surface area contributed by atoms with Crippen LogP contribution in [0.2, 0.25) is 0 Å². The third-order valence-corrected chi connectivity index (χ3v) is 4.11. The summed E-state index contributed by atoms with van der Waals surface area (Å²) in [7, 11) is 0. The molecule has 0 aromatic carbocycles. The van der Waals surface area contributed by atoms with Crippen LogP contribution in [-0.2, 0) is 6.54 Å². The largest absolute Gasteiger partial charge is 0.357 e. The Morgan fingerprint density at radius 1 is 1.35 bits per heavy atom. The number of rotatable bonds is 5. The zero-order valence-electron chi connectivity index (χ0n) is 15.0. The second-order valence-corrected chi connectivity index (χ2v) is 6.69. The van der Waals surface area contributed by atoms with Gasteiger partial charge in [0.2, 0.25) is 0 Å². The van der Waals surface area contributed by atoms with Crippen molar-refractivity contribution in [3.8, 4) is 0 Å². The quantitative estimate of drug-likeness (QED) is 0.648. The molecule has 5 nitrogen and oxygen atoms in total. The summed E-state index contributed by atoms with van der Waals surface area (Å²) in [4.78, 5) is 11.6. The van der Waals surface area contributed by atoms with Gasteiger partial charge in [-0.2, -0.15) is 0 Å². The van der Waals surface area contributed by atoms with Gasteiger partial charge in [0, 0.05) is 31.9 Å². The predicted molar refractivity (Wildman–Crippen MR) is 97.9 cm³/mol. The lowest BCUT2D eigenvalue weighted by molar-refractivity contribution is 0.436. The molecule has 2 N–H and O–H groups in total. The monoisotopic (exact) mass is 317 g/mol. The highest BCUT2D eigenvalue weighted by molar-refractivity contribution is 5.79. The normalized spacial score (nSPS) is 16.7. The van der Waals surface area contributed by atoms with E-state index in [-0.39, 0.29) is 0 Å². The van der Waals surface area contributed by atoms with Gasteiger partial charge in [-0.25, -0.2) is 9.98 Å². The van der Waals surface area contributed by atoms with Crippen LogP contribution in [-0.4, -0.2) is 36.6 Å². The predicted octanol–water partition coefficient (Wildman–Crippen LogP) is 2.78. The molecule has 1 aliphatic heterocycles. The van der Waals surface area contributed by atoms with Crippen LogP contribution in [0.1, 0.15) is 46.1 Å². The highest BCUT2D eigenvalue weighted by Crippen LogP contribution is 2.21. The lowest BCUT2D eigenvalue weighted by atomic mass is 9.99. The second-order valence-electron chi connectivity index (χ2n) is 6.69. The van der Waals surface area contributed by atoms with Crippen molar-refractivity contribution >= 4 is 11.8 Å². The minimum atomic E-state index is 0.370. The van der Waals surface area contributed by atoms with Crippen molar-refractivity contribution in [3.63, 3.8) is 0 Å². The summed E-state index contributed by atoms with van der Waals surface area (Å²) in [5, 5.41) is 6.59. The highest BCUT2D eigenvalue weighted by atomic mass is 15.2. The van der Waals surface area contributed by atoms with Crippen LogP contribution in [0.15, 0.2) is 23.3 Å². The Morgan fingerprint density at radius 2 is 2.09 bits per heavy atom. The Bertz CT molecular complexity index is 487. The van der Waals surface area contributed by atoms with Gasteiger partial charge in [-0.1, -0.05) is 13.0 Å². The molecule has 0 amide bonds. The molecule has 0 aliphatic carbocycles. The lowest BCUT2D eigenvalue weighted by Gasteiger charge is -2.31. The van der Waals surface area contributed by atoms with Crippen LogP contribution >= 0.6 is 0 Å². The van der Waals surface area contributed by atoms with E-state index in [0.29, 0.717) is 12.6 Å². The smallest absolute Gasteiger partial charge is 0.191 e. The summed E-state index contributed by atoms with van der Waals surface area (Å²) in [6.07, 6.45) is 4.48. The van der Waals surface area contributed by atoms with E-state index in [2.05, 4.69) is 65.3 Å². The maximum atomic E-state index is 4.63. The molecule has 1 aromatic heterocycles. The third-order valence-electron chi connectivity index (χ3n) is 4.11. The van der Waals surface area contributed by atoms with Crippen molar-refractivity contribution < 1.29 is 0 Å². The van der Waals surface area contributed by atoms with Crippen LogP contribution in [0, 0.1) is 5.92 Å². The fraction of sp³-hybridized carbons (Fsp3) is 0.667. The fourth-order valence-electron chi connectivity index (χ4n) is 2.70. The number of piperidine rings is 1. The van der Waals surface area contributed by atoms with Gasteiger partial charge in [-0.15, -0.1) is 0 Å². The summed E-state index contributed by atoms with van der Waals surface area (Å²) in [5.41, 5.74) is 1.14. The van der Waals surface area contributed by atoms with Crippen molar-refractivity contribution in [2.75, 3.05) is 24.5 Å². The average Bonchev–Trinajstić information content (AvgIpc) is 2.54. The van der Waals surface area contributed by atoms with Gasteiger partial charge in [0.15, 0.2) is 5.96 Å². The molecule has 0 atom stereocenters. The Kier molecular flexibility index (Phi) is 6.68. The van der Waals surface area contributed by atoms with E-state index in [1.54, 1.807) is 0 Å². The van der Waals surface area contributed by atoms with Gasteiger partial charge in [-0.3, -0.25) is 0 Å². The van der Waals surface area contributed by atoms with E-state index >= 15 is 0 Å². The van der Waals surface area contributed by atoms with Crippen LogP contribution < -0.4 is 15.5 Å². The number of nitrogens with zero attached hydrogens (tertiary/aromatic N) is 3. The van der Waals surface area contributed by atoms with Crippen molar-refractivity contribution in [1.82, 2.24) is 15.6 Å². The number of anilines is 1. The first-order chi connectivity index (χ1) is 11.1. The van der Waals surface area contributed by atoms with E-state index in [4.69, 9.17) is 0 Å². The van der Waals surface area contributed by atoms with Crippen LogP contribution in [0.25, 0.3) is 0 Å². The first kappa shape index (κ1) is 17.6. The summed E-state index contributed by atoms with van der Waals surface area (Å²) in [6, 6.07) is 4.64. The van der Waals surface area contributed by atoms with Crippen molar-refractivity contribution in [1.29, 1.82) is 0 Å². The molecule has 5 heteroatoms. The number of aliphatic imine (C=N–C) groups is 1. The second kappa shape index (κ2) is 8.75. The van der Waals surface area contributed by atoms with Gasteiger partial charge in [0.1, 0.15) is 5.82 Å². The molecule has 0 saturated carbocycles. The molecule has 0 spiro atoms. The molecule has 0 bridgehead atoms. The minimum absolute atomic E-state index is 0.370. The molecule has 0 unspecified atom stereocenters. The molecule has 1 aromatic rings. The summed E-state index contributed by atoms with van der Waals surface area (Å²) >= 11 is 0. The van der Waals surface area contributed by atoms with E-state index in [1.807, 2.05) is 6.20 Å². The highest BCUT2D eigenvalue weighted by Gasteiger charge is 2.16. The van der Waals surface area contributed by atoms with Crippen LogP contribution in [0.4, 0.5) is 5.82 Å². The van der Waals surface area contributed by atoms with Gasteiger partial charge in [0.05, 0.1) is 6.54 Å². The van der Waals surface area contributed by atoms with Crippen molar-refractivity contribution in [2.45, 2.75) is 53.1 Å². The number of guanidine groups is 1. The van der Waals surface area contributed by atoms with Crippen LogP contribution in [0.5, 0.6) is 0 Å². The Labute approximate surface area is 140 Å². The average molecular weight is 317 g/mol. The van der Waals surface area contributed by atoms with E-state index < -0.39 is 0 Å². The number of pyridine rings is 1. The maximum absolute atomic E-state index is 4.63. The standard InChI is InChI=1S/C18H31N5/c1-5-19-18(22-14(2)3)21-13-16-6-7-17(20-12-16)23-10-8-15(4)9-11-23/h6-7,12,14-15H,5,8-11,13H2,1-4H3,(H2,19,21,22). The first-order valence-electron chi connectivity index (χ1n) is 8.83. The molecular weight excluding hydrogens is 286 g/mol. The van der Waals surface area contributed by atoms with Crippen molar-refractivity contribution in [3.05, 3.63) is 23.9 Å². The van der Waals surface area contributed by atoms with Crippen molar-refractivity contribution in [2.24, 2.45) is 10.9 Å². The molecule has 1 fully saturated rings. The zero-order valence-corrected chi connectivity index (χ0v) is 15.0. The molecule has 0 radical (unpaired) electrons. The summed E-state index contributed by atoms with van der Waals surface area (Å²) < 4.78 is 0. The van der Waals surface area contributed by atoms with E-state index in [1.165, 1.54) is 12.8 Å². The van der Waals surface area contributed by atoms with Gasteiger partial charge < -0.3 is 15.5 Å². The number of hydrogen-bond donors (Lipinski definition) is 2. The third kappa shape index (κ3) is 5.73. The molecule has 1 aliphatic rings. The first-order valence-corrected chi connectivity index (χ1v) is 8.83. The zero-order chi connectivity index (χ0) is 16.7.